The van der Waals surface area contributed by atoms with Gasteiger partial charge in [0.25, 0.3) is 0 Å². The number of halogens is 1. The van der Waals surface area contributed by atoms with E-state index < -0.39 is 0 Å². The van der Waals surface area contributed by atoms with E-state index in [4.69, 9.17) is 9.47 Å². The first-order valence-corrected chi connectivity index (χ1v) is 10.3. The van der Waals surface area contributed by atoms with Crippen LogP contribution in [-0.2, 0) is 9.47 Å². The average molecular weight is 497 g/mol. The zero-order valence-electron chi connectivity index (χ0n) is 17.4. The number of hydrogen-bond donors (Lipinski definition) is 2. The predicted molar refractivity (Wildman–Crippen MR) is 122 cm³/mol. The molecule has 160 valence electrons. The van der Waals surface area contributed by atoms with Crippen molar-refractivity contribution in [2.24, 2.45) is 4.99 Å². The van der Waals surface area contributed by atoms with E-state index in [1.165, 1.54) is 19.5 Å². The second kappa shape index (κ2) is 14.8. The molecule has 2 unspecified atom stereocenters. The highest BCUT2D eigenvalue weighted by atomic mass is 127. The Hall–Kier alpha value is -0.160. The first-order chi connectivity index (χ1) is 12.7. The molecule has 0 aromatic rings. The molecule has 0 spiro atoms. The van der Waals surface area contributed by atoms with Gasteiger partial charge >= 0.3 is 0 Å². The second-order valence-electron chi connectivity index (χ2n) is 7.26. The second-order valence-corrected chi connectivity index (χ2v) is 7.26. The normalized spacial score (nSPS) is 23.1. The number of ether oxygens (including phenoxy) is 2. The SMILES string of the molecule is CCN1CCN(C(C)CNC(=NC)NCCCOCC2CCCO2)CC1.I. The number of guanidine groups is 1. The summed E-state index contributed by atoms with van der Waals surface area (Å²) in [6.07, 6.45) is 3.60. The molecule has 2 aliphatic heterocycles. The zero-order valence-corrected chi connectivity index (χ0v) is 19.7. The van der Waals surface area contributed by atoms with Crippen LogP contribution >= 0.6 is 24.0 Å². The standard InChI is InChI=1S/C19H39N5O2.HI/c1-4-23-9-11-24(12-10-23)17(2)15-22-19(20-3)21-8-6-13-25-16-18-7-5-14-26-18;/h17-18H,4-16H2,1-3H3,(H2,20,21,22);1H. The van der Waals surface area contributed by atoms with Gasteiger partial charge in [-0.05, 0) is 32.7 Å². The molecule has 0 saturated carbocycles. The Labute approximate surface area is 182 Å². The number of nitrogens with one attached hydrogen (secondary N) is 2. The van der Waals surface area contributed by atoms with Crippen LogP contribution in [0.1, 0.15) is 33.1 Å². The van der Waals surface area contributed by atoms with E-state index in [0.717, 1.165) is 71.3 Å². The summed E-state index contributed by atoms with van der Waals surface area (Å²) < 4.78 is 11.2. The molecule has 27 heavy (non-hydrogen) atoms. The Morgan fingerprint density at radius 3 is 2.67 bits per heavy atom. The van der Waals surface area contributed by atoms with Gasteiger partial charge in [-0.3, -0.25) is 9.89 Å². The van der Waals surface area contributed by atoms with E-state index in [9.17, 15) is 0 Å². The van der Waals surface area contributed by atoms with Gasteiger partial charge in [0.2, 0.25) is 0 Å². The molecule has 0 aliphatic carbocycles. The van der Waals surface area contributed by atoms with Gasteiger partial charge in [0.15, 0.2) is 5.96 Å². The third-order valence-electron chi connectivity index (χ3n) is 5.35. The molecule has 2 saturated heterocycles. The van der Waals surface area contributed by atoms with Crippen molar-refractivity contribution in [3.8, 4) is 0 Å². The van der Waals surface area contributed by atoms with Crippen LogP contribution in [0.5, 0.6) is 0 Å². The molecular weight excluding hydrogens is 457 g/mol. The van der Waals surface area contributed by atoms with Crippen molar-refractivity contribution >= 4 is 29.9 Å². The molecule has 2 aliphatic rings. The van der Waals surface area contributed by atoms with Gasteiger partial charge in [0.1, 0.15) is 0 Å². The Morgan fingerprint density at radius 1 is 1.26 bits per heavy atom. The Balaban J connectivity index is 0.00000364. The minimum atomic E-state index is 0. The van der Waals surface area contributed by atoms with Crippen molar-refractivity contribution < 1.29 is 9.47 Å². The summed E-state index contributed by atoms with van der Waals surface area (Å²) in [5.41, 5.74) is 0. The van der Waals surface area contributed by atoms with Crippen LogP contribution in [0.3, 0.4) is 0 Å². The number of rotatable bonds is 10. The first-order valence-electron chi connectivity index (χ1n) is 10.3. The minimum absolute atomic E-state index is 0. The molecule has 0 amide bonds. The van der Waals surface area contributed by atoms with Crippen molar-refractivity contribution in [1.29, 1.82) is 0 Å². The Bertz CT molecular complexity index is 400. The summed E-state index contributed by atoms with van der Waals surface area (Å²) in [5.74, 6) is 0.878. The van der Waals surface area contributed by atoms with E-state index in [-0.39, 0.29) is 24.0 Å². The zero-order chi connectivity index (χ0) is 18.6. The third kappa shape index (κ3) is 9.74. The maximum atomic E-state index is 5.69. The number of piperazine rings is 1. The van der Waals surface area contributed by atoms with Crippen LogP contribution < -0.4 is 10.6 Å². The summed E-state index contributed by atoms with van der Waals surface area (Å²) in [5, 5.41) is 6.82. The topological polar surface area (TPSA) is 61.4 Å². The van der Waals surface area contributed by atoms with Crippen molar-refractivity contribution in [1.82, 2.24) is 20.4 Å². The van der Waals surface area contributed by atoms with Crippen LogP contribution in [0.4, 0.5) is 0 Å². The monoisotopic (exact) mass is 497 g/mol. The Kier molecular flexibility index (Phi) is 13.6. The van der Waals surface area contributed by atoms with E-state index in [1.807, 2.05) is 7.05 Å². The lowest BCUT2D eigenvalue weighted by Crippen LogP contribution is -2.53. The summed E-state index contributed by atoms with van der Waals surface area (Å²) >= 11 is 0. The quantitative estimate of drug-likeness (QED) is 0.206. The highest BCUT2D eigenvalue weighted by Gasteiger charge is 2.20. The molecular formula is C19H40IN5O2. The fraction of sp³-hybridized carbons (Fsp3) is 0.947. The van der Waals surface area contributed by atoms with Gasteiger partial charge < -0.3 is 25.0 Å². The molecule has 2 fully saturated rings. The smallest absolute Gasteiger partial charge is 0.191 e. The molecule has 2 atom stereocenters. The lowest BCUT2D eigenvalue weighted by atomic mass is 10.2. The van der Waals surface area contributed by atoms with Crippen LogP contribution in [0, 0.1) is 0 Å². The predicted octanol–water partition coefficient (Wildman–Crippen LogP) is 1.38. The Morgan fingerprint density at radius 2 is 2.04 bits per heavy atom. The lowest BCUT2D eigenvalue weighted by molar-refractivity contribution is 0.0168. The molecule has 2 rings (SSSR count). The van der Waals surface area contributed by atoms with E-state index in [0.29, 0.717) is 12.1 Å². The molecule has 0 aromatic heterocycles. The highest BCUT2D eigenvalue weighted by Crippen LogP contribution is 2.11. The van der Waals surface area contributed by atoms with Crippen molar-refractivity contribution in [3.05, 3.63) is 0 Å². The molecule has 0 aromatic carbocycles. The number of likely N-dealkylation sites (N-methyl/N-ethyl adjacent to an activating group) is 1. The molecule has 2 N–H and O–H groups in total. The average Bonchev–Trinajstić information content (AvgIpc) is 3.20. The molecule has 0 radical (unpaired) electrons. The van der Waals surface area contributed by atoms with Gasteiger partial charge in [0, 0.05) is 65.6 Å². The van der Waals surface area contributed by atoms with Crippen molar-refractivity contribution in [2.45, 2.75) is 45.3 Å². The summed E-state index contributed by atoms with van der Waals surface area (Å²) in [6.45, 7) is 14.5. The highest BCUT2D eigenvalue weighted by molar-refractivity contribution is 14.0. The van der Waals surface area contributed by atoms with Crippen LogP contribution in [0.2, 0.25) is 0 Å². The largest absolute Gasteiger partial charge is 0.379 e. The van der Waals surface area contributed by atoms with Crippen molar-refractivity contribution in [2.75, 3.05) is 72.7 Å². The van der Waals surface area contributed by atoms with Gasteiger partial charge in [-0.15, -0.1) is 24.0 Å². The molecule has 0 bridgehead atoms. The van der Waals surface area contributed by atoms with E-state index in [2.05, 4.69) is 39.3 Å². The van der Waals surface area contributed by atoms with Crippen LogP contribution in [0.15, 0.2) is 4.99 Å². The van der Waals surface area contributed by atoms with Gasteiger partial charge in [-0.1, -0.05) is 6.92 Å². The third-order valence-corrected chi connectivity index (χ3v) is 5.35. The van der Waals surface area contributed by atoms with E-state index >= 15 is 0 Å². The van der Waals surface area contributed by atoms with Crippen LogP contribution in [-0.4, -0.2) is 101 Å². The fourth-order valence-electron chi connectivity index (χ4n) is 3.49. The maximum Gasteiger partial charge on any atom is 0.191 e. The first kappa shape index (κ1) is 24.9. The summed E-state index contributed by atoms with van der Waals surface area (Å²) in [7, 11) is 1.83. The molecule has 7 nitrogen and oxygen atoms in total. The molecule has 2 heterocycles. The number of hydrogen-bond acceptors (Lipinski definition) is 5. The maximum absolute atomic E-state index is 5.69. The fourth-order valence-corrected chi connectivity index (χ4v) is 3.49. The lowest BCUT2D eigenvalue weighted by Gasteiger charge is -2.37. The minimum Gasteiger partial charge on any atom is -0.379 e. The van der Waals surface area contributed by atoms with E-state index in [1.54, 1.807) is 0 Å². The molecule has 8 heteroatoms. The summed E-state index contributed by atoms with van der Waals surface area (Å²) in [6, 6.07) is 0.516. The van der Waals surface area contributed by atoms with Crippen LogP contribution in [0.25, 0.3) is 0 Å². The summed E-state index contributed by atoms with van der Waals surface area (Å²) in [4.78, 5) is 9.39. The van der Waals surface area contributed by atoms with Crippen molar-refractivity contribution in [3.63, 3.8) is 0 Å². The van der Waals surface area contributed by atoms with Gasteiger partial charge in [0.05, 0.1) is 12.7 Å². The number of aliphatic imine (C=N–C) groups is 1. The van der Waals surface area contributed by atoms with Gasteiger partial charge in [-0.2, -0.15) is 0 Å². The van der Waals surface area contributed by atoms with Gasteiger partial charge in [-0.25, -0.2) is 0 Å². The number of nitrogens with zero attached hydrogens (tertiary/aromatic N) is 3.